The number of rotatable bonds is 0. The van der Waals surface area contributed by atoms with Gasteiger partial charge < -0.3 is 0 Å². The summed E-state index contributed by atoms with van der Waals surface area (Å²) < 4.78 is 0. The average molecular weight is 138 g/mol. The van der Waals surface area contributed by atoms with E-state index in [0.29, 0.717) is 0 Å². The van der Waals surface area contributed by atoms with E-state index < -0.39 is 0 Å². The van der Waals surface area contributed by atoms with E-state index in [1.54, 1.807) is 14.1 Å². The molecule has 0 aromatic heterocycles. The third kappa shape index (κ3) is 120. The van der Waals surface area contributed by atoms with Crippen LogP contribution in [0, 0.1) is 0 Å². The van der Waals surface area contributed by atoms with Crippen LogP contribution in [0.1, 0.15) is 0 Å². The molecule has 34 valence electrons. The molecule has 0 aliphatic heterocycles. The fourth-order valence-electron chi connectivity index (χ4n) is 0. The molecule has 0 aliphatic carbocycles. The van der Waals surface area contributed by atoms with Gasteiger partial charge in [0.15, 0.2) is 0 Å². The van der Waals surface area contributed by atoms with E-state index in [1.165, 1.54) is 5.01 Å². The van der Waals surface area contributed by atoms with Crippen molar-refractivity contribution in [1.82, 2.24) is 5.01 Å². The van der Waals surface area contributed by atoms with Crippen LogP contribution in [0.2, 0.25) is 0 Å². The van der Waals surface area contributed by atoms with E-state index in [-0.39, 0.29) is 18.0 Å². The topological polar surface area (TPSA) is 29.3 Å². The van der Waals surface area contributed by atoms with Gasteiger partial charge in [-0.25, -0.2) is 0 Å². The van der Waals surface area contributed by atoms with Crippen LogP contribution in [0.15, 0.2) is 0 Å². The second-order valence-corrected chi connectivity index (χ2v) is 0.964. The molecule has 1 unspecified atom stereocenters. The molecule has 3 heteroatoms. The van der Waals surface area contributed by atoms with Crippen LogP contribution in [0.3, 0.4) is 0 Å². The van der Waals surface area contributed by atoms with E-state index in [2.05, 4.69) is 0 Å². The Balaban J connectivity index is 0. The van der Waals surface area contributed by atoms with E-state index in [1.807, 2.05) is 0 Å². The zero-order chi connectivity index (χ0) is 3.58. The molecule has 0 rings (SSSR count). The molecule has 0 aromatic carbocycles. The van der Waals surface area contributed by atoms with Gasteiger partial charge in [-0.1, -0.05) is 0 Å². The molecule has 0 saturated carbocycles. The van der Waals surface area contributed by atoms with Gasteiger partial charge in [-0.2, -0.15) is 0 Å². The van der Waals surface area contributed by atoms with Crippen molar-refractivity contribution in [2.75, 3.05) is 14.1 Å². The summed E-state index contributed by atoms with van der Waals surface area (Å²) in [6.45, 7) is 0. The molecule has 0 spiro atoms. The number of nitrogens with zero attached hydrogens (tertiary/aromatic N) is 1. The van der Waals surface area contributed by atoms with Gasteiger partial charge in [0, 0.05) is 14.1 Å². The first-order valence-corrected chi connectivity index (χ1v) is 1.15. The Kier molecular flexibility index (Phi) is 8.13. The first kappa shape index (κ1) is 9.08. The van der Waals surface area contributed by atoms with Crippen molar-refractivity contribution in [2.45, 2.75) is 0 Å². The normalized spacial score (nSPS) is 7.20. The van der Waals surface area contributed by atoms with Crippen LogP contribution in [0.25, 0.3) is 0 Å². The fraction of sp³-hybridized carbons (Fsp3) is 1.00. The molecule has 0 saturated heterocycles. The first-order chi connectivity index (χ1) is 1.73. The molecule has 0 fully saturated rings. The molecular formula is C2H11AsN2. The van der Waals surface area contributed by atoms with Crippen molar-refractivity contribution >= 4 is 18.0 Å². The van der Waals surface area contributed by atoms with Crippen molar-refractivity contribution < 1.29 is 0 Å². The van der Waals surface area contributed by atoms with Gasteiger partial charge >= 0.3 is 18.0 Å². The standard InChI is InChI=1S/C2H8N2.AsH3/c1-4(2)3;/h3H2,1-2H3;1H3. The molecule has 0 aliphatic rings. The van der Waals surface area contributed by atoms with Gasteiger partial charge in [0.25, 0.3) is 0 Å². The summed E-state index contributed by atoms with van der Waals surface area (Å²) in [6.07, 6.45) is 0. The number of hydrogen-bond donors (Lipinski definition) is 1. The van der Waals surface area contributed by atoms with Gasteiger partial charge in [-0.15, -0.1) is 0 Å². The molecule has 0 heterocycles. The summed E-state index contributed by atoms with van der Waals surface area (Å²) in [4.78, 5) is 0. The molecule has 0 aromatic rings. The molecule has 0 radical (unpaired) electrons. The van der Waals surface area contributed by atoms with Crippen LogP contribution in [-0.2, 0) is 0 Å². The summed E-state index contributed by atoms with van der Waals surface area (Å²) in [5.74, 6) is 4.94. The Morgan fingerprint density at radius 1 is 1.40 bits per heavy atom. The maximum atomic E-state index is 4.94. The SMILES string of the molecule is CN(C)N.[AsH3]. The van der Waals surface area contributed by atoms with Crippen LogP contribution in [0.4, 0.5) is 0 Å². The molecule has 5 heavy (non-hydrogen) atoms. The fourth-order valence-corrected chi connectivity index (χ4v) is 0. The Morgan fingerprint density at radius 2 is 1.40 bits per heavy atom. The Hall–Kier alpha value is 0.478. The van der Waals surface area contributed by atoms with Gasteiger partial charge in [0.05, 0.1) is 0 Å². The van der Waals surface area contributed by atoms with Crippen molar-refractivity contribution in [1.29, 1.82) is 0 Å². The van der Waals surface area contributed by atoms with E-state index in [9.17, 15) is 0 Å². The van der Waals surface area contributed by atoms with Crippen LogP contribution in [0.5, 0.6) is 0 Å². The second-order valence-electron chi connectivity index (χ2n) is 0.964. The third-order valence-electron chi connectivity index (χ3n) is 0. The van der Waals surface area contributed by atoms with Crippen molar-refractivity contribution in [2.24, 2.45) is 5.84 Å². The monoisotopic (exact) mass is 138 g/mol. The van der Waals surface area contributed by atoms with Crippen molar-refractivity contribution in [3.8, 4) is 0 Å². The third-order valence-corrected chi connectivity index (χ3v) is 0. The maximum absolute atomic E-state index is 4.94. The molecule has 2 nitrogen and oxygen atoms in total. The van der Waals surface area contributed by atoms with Gasteiger partial charge in [-0.05, 0) is 0 Å². The Labute approximate surface area is 43.6 Å². The number of nitrogens with two attached hydrogens (primary N) is 1. The number of hydrazine groups is 1. The zero-order valence-corrected chi connectivity index (χ0v) is 6.70. The minimum absolute atomic E-state index is 0. The molecule has 0 bridgehead atoms. The van der Waals surface area contributed by atoms with Crippen molar-refractivity contribution in [3.05, 3.63) is 0 Å². The first-order valence-electron chi connectivity index (χ1n) is 1.15. The predicted octanol–water partition coefficient (Wildman–Crippen LogP) is -1.76. The zero-order valence-electron chi connectivity index (χ0n) is 3.73. The predicted molar refractivity (Wildman–Crippen MR) is 27.8 cm³/mol. The van der Waals surface area contributed by atoms with Gasteiger partial charge in [-0.3, -0.25) is 10.9 Å². The quantitative estimate of drug-likeness (QED) is 0.244. The summed E-state index contributed by atoms with van der Waals surface area (Å²) in [5, 5.41) is 1.50. The Morgan fingerprint density at radius 3 is 1.40 bits per heavy atom. The average Bonchev–Trinajstić information content (AvgIpc) is 0.811. The second kappa shape index (κ2) is 4.48. The minimum atomic E-state index is 0. The molecule has 0 amide bonds. The van der Waals surface area contributed by atoms with Gasteiger partial charge in [0.1, 0.15) is 0 Å². The van der Waals surface area contributed by atoms with E-state index in [4.69, 9.17) is 5.84 Å². The van der Waals surface area contributed by atoms with Crippen LogP contribution in [-0.4, -0.2) is 37.1 Å². The summed E-state index contributed by atoms with van der Waals surface area (Å²) in [6, 6.07) is 0. The Bertz CT molecular complexity index is 12.4. The van der Waals surface area contributed by atoms with Crippen molar-refractivity contribution in [3.63, 3.8) is 0 Å². The molecule has 2 N–H and O–H groups in total. The van der Waals surface area contributed by atoms with E-state index in [0.717, 1.165) is 0 Å². The number of hydrogen-bond acceptors (Lipinski definition) is 2. The van der Waals surface area contributed by atoms with Crippen LogP contribution < -0.4 is 5.84 Å². The summed E-state index contributed by atoms with van der Waals surface area (Å²) in [7, 11) is 3.56. The summed E-state index contributed by atoms with van der Waals surface area (Å²) >= 11 is 0. The molecule has 1 atom stereocenters. The van der Waals surface area contributed by atoms with E-state index >= 15 is 0 Å². The summed E-state index contributed by atoms with van der Waals surface area (Å²) in [5.41, 5.74) is 0. The van der Waals surface area contributed by atoms with Gasteiger partial charge in [0.2, 0.25) is 0 Å². The van der Waals surface area contributed by atoms with Crippen LogP contribution >= 0.6 is 0 Å². The molecular weight excluding hydrogens is 127 g/mol.